The number of aromatic nitrogens is 1. The number of rotatable bonds is 4. The Balaban J connectivity index is 1.66. The number of pyridine rings is 1. The van der Waals surface area contributed by atoms with Gasteiger partial charge in [0.15, 0.2) is 0 Å². The summed E-state index contributed by atoms with van der Waals surface area (Å²) in [7, 11) is 0. The van der Waals surface area contributed by atoms with Crippen LogP contribution >= 0.6 is 0 Å². The molecule has 1 heterocycles. The molecular weight excluding hydrogens is 280 g/mol. The van der Waals surface area contributed by atoms with Gasteiger partial charge in [0.1, 0.15) is 5.60 Å². The molecule has 22 heavy (non-hydrogen) atoms. The van der Waals surface area contributed by atoms with Gasteiger partial charge in [0.2, 0.25) is 0 Å². The number of hydrogen-bond acceptors (Lipinski definition) is 4. The first-order valence-electron chi connectivity index (χ1n) is 7.92. The fourth-order valence-electron chi connectivity index (χ4n) is 2.55. The Hall–Kier alpha value is -1.62. The van der Waals surface area contributed by atoms with E-state index >= 15 is 0 Å². The summed E-state index contributed by atoms with van der Waals surface area (Å²) in [6.45, 7) is 6.21. The second-order valence-corrected chi connectivity index (χ2v) is 6.79. The number of hydrogen-bond donors (Lipinski definition) is 1. The third-order valence-corrected chi connectivity index (χ3v) is 3.60. The van der Waals surface area contributed by atoms with Crippen LogP contribution in [0, 0.1) is 0 Å². The minimum Gasteiger partial charge on any atom is -0.444 e. The first-order chi connectivity index (χ1) is 10.4. The predicted molar refractivity (Wildman–Crippen MR) is 84.4 cm³/mol. The number of amides is 1. The number of alkyl carbamates (subject to hydrolysis) is 1. The summed E-state index contributed by atoms with van der Waals surface area (Å²) >= 11 is 0. The molecule has 5 heteroatoms. The Morgan fingerprint density at radius 1 is 1.32 bits per heavy atom. The highest BCUT2D eigenvalue weighted by Gasteiger charge is 2.25. The Morgan fingerprint density at radius 3 is 2.64 bits per heavy atom. The van der Waals surface area contributed by atoms with E-state index in [1.807, 2.05) is 39.1 Å². The van der Waals surface area contributed by atoms with Crippen molar-refractivity contribution in [1.82, 2.24) is 10.3 Å². The molecule has 0 aliphatic heterocycles. The van der Waals surface area contributed by atoms with Gasteiger partial charge in [-0.05, 0) is 58.1 Å². The molecule has 0 aromatic carbocycles. The maximum Gasteiger partial charge on any atom is 0.407 e. The molecule has 0 bridgehead atoms. The van der Waals surface area contributed by atoms with Crippen LogP contribution in [0.25, 0.3) is 0 Å². The fourth-order valence-corrected chi connectivity index (χ4v) is 2.55. The van der Waals surface area contributed by atoms with E-state index in [-0.39, 0.29) is 18.2 Å². The van der Waals surface area contributed by atoms with Gasteiger partial charge in [-0.1, -0.05) is 6.07 Å². The third-order valence-electron chi connectivity index (χ3n) is 3.60. The van der Waals surface area contributed by atoms with Crippen LogP contribution in [0.1, 0.15) is 52.0 Å². The van der Waals surface area contributed by atoms with Crippen LogP contribution in [-0.4, -0.2) is 28.8 Å². The zero-order valence-electron chi connectivity index (χ0n) is 13.7. The van der Waals surface area contributed by atoms with Gasteiger partial charge in [-0.2, -0.15) is 0 Å². The molecule has 0 spiro atoms. The average Bonchev–Trinajstić information content (AvgIpc) is 2.45. The molecule has 1 N–H and O–H groups in total. The van der Waals surface area contributed by atoms with Gasteiger partial charge >= 0.3 is 6.09 Å². The summed E-state index contributed by atoms with van der Waals surface area (Å²) in [6.07, 6.45) is 7.30. The van der Waals surface area contributed by atoms with Crippen molar-refractivity contribution in [2.75, 3.05) is 0 Å². The summed E-state index contributed by atoms with van der Waals surface area (Å²) in [4.78, 5) is 15.8. The minimum absolute atomic E-state index is 0.188. The maximum absolute atomic E-state index is 11.7. The van der Waals surface area contributed by atoms with Gasteiger partial charge in [0.25, 0.3) is 0 Å². The Bertz CT molecular complexity index is 463. The topological polar surface area (TPSA) is 60.5 Å². The van der Waals surface area contributed by atoms with Crippen LogP contribution in [0.5, 0.6) is 0 Å². The predicted octanol–water partition coefficient (Wildman–Crippen LogP) is 3.43. The van der Waals surface area contributed by atoms with Crippen molar-refractivity contribution in [2.45, 2.75) is 70.8 Å². The Labute approximate surface area is 132 Å². The Kier molecular flexibility index (Phi) is 5.77. The highest BCUT2D eigenvalue weighted by Crippen LogP contribution is 2.22. The quantitative estimate of drug-likeness (QED) is 0.925. The van der Waals surface area contributed by atoms with E-state index in [9.17, 15) is 4.79 Å². The lowest BCUT2D eigenvalue weighted by Gasteiger charge is -2.30. The largest absolute Gasteiger partial charge is 0.444 e. The van der Waals surface area contributed by atoms with Crippen LogP contribution in [0.2, 0.25) is 0 Å². The third kappa shape index (κ3) is 6.02. The molecular formula is C17H26N2O3. The lowest BCUT2D eigenvalue weighted by Crippen LogP contribution is -2.41. The van der Waals surface area contributed by atoms with E-state index in [1.165, 1.54) is 0 Å². The number of nitrogens with one attached hydrogen (secondary N) is 1. The van der Waals surface area contributed by atoms with Crippen LogP contribution in [-0.2, 0) is 16.1 Å². The van der Waals surface area contributed by atoms with Crippen molar-refractivity contribution in [3.05, 3.63) is 30.1 Å². The molecule has 1 saturated carbocycles. The van der Waals surface area contributed by atoms with Gasteiger partial charge in [-0.25, -0.2) is 4.79 Å². The first kappa shape index (κ1) is 16.7. The van der Waals surface area contributed by atoms with Gasteiger partial charge in [0.05, 0.1) is 12.7 Å². The lowest BCUT2D eigenvalue weighted by atomic mass is 9.93. The monoisotopic (exact) mass is 306 g/mol. The summed E-state index contributed by atoms with van der Waals surface area (Å²) in [5, 5.41) is 2.94. The van der Waals surface area contributed by atoms with Crippen molar-refractivity contribution < 1.29 is 14.3 Å². The van der Waals surface area contributed by atoms with E-state index in [2.05, 4.69) is 10.3 Å². The second-order valence-electron chi connectivity index (χ2n) is 6.79. The molecule has 1 aliphatic rings. The van der Waals surface area contributed by atoms with Gasteiger partial charge in [0, 0.05) is 18.4 Å². The molecule has 1 fully saturated rings. The lowest BCUT2D eigenvalue weighted by molar-refractivity contribution is 0.00824. The van der Waals surface area contributed by atoms with E-state index in [4.69, 9.17) is 9.47 Å². The van der Waals surface area contributed by atoms with E-state index in [1.54, 1.807) is 6.20 Å². The highest BCUT2D eigenvalue weighted by atomic mass is 16.6. The van der Waals surface area contributed by atoms with Gasteiger partial charge in [-0.15, -0.1) is 0 Å². The van der Waals surface area contributed by atoms with E-state index < -0.39 is 5.60 Å². The molecule has 5 nitrogen and oxygen atoms in total. The summed E-state index contributed by atoms with van der Waals surface area (Å²) < 4.78 is 11.2. The number of carbonyl (C=O) groups is 1. The number of nitrogens with zero attached hydrogens (tertiary/aromatic N) is 1. The van der Waals surface area contributed by atoms with Crippen molar-refractivity contribution in [3.63, 3.8) is 0 Å². The highest BCUT2D eigenvalue weighted by molar-refractivity contribution is 5.68. The second kappa shape index (κ2) is 7.58. The standard InChI is InChI=1S/C17H26N2O3/c1-17(2,3)22-16(20)19-14-6-8-15(9-7-14)21-12-13-5-4-10-18-11-13/h4-5,10-11,14-15H,6-9,12H2,1-3H3,(H,19,20). The molecule has 0 atom stereocenters. The SMILES string of the molecule is CC(C)(C)OC(=O)NC1CCC(OCc2cccnc2)CC1. The van der Waals surface area contributed by atoms with Crippen molar-refractivity contribution in [1.29, 1.82) is 0 Å². The maximum atomic E-state index is 11.7. The van der Waals surface area contributed by atoms with E-state index in [0.717, 1.165) is 31.2 Å². The van der Waals surface area contributed by atoms with Crippen molar-refractivity contribution in [2.24, 2.45) is 0 Å². The zero-order chi connectivity index (χ0) is 16.0. The van der Waals surface area contributed by atoms with E-state index in [0.29, 0.717) is 6.61 Å². The molecule has 1 amide bonds. The molecule has 0 radical (unpaired) electrons. The van der Waals surface area contributed by atoms with Gasteiger partial charge in [-0.3, -0.25) is 4.98 Å². The van der Waals surface area contributed by atoms with Crippen molar-refractivity contribution in [3.8, 4) is 0 Å². The van der Waals surface area contributed by atoms with Gasteiger partial charge < -0.3 is 14.8 Å². The Morgan fingerprint density at radius 2 is 2.05 bits per heavy atom. The van der Waals surface area contributed by atoms with Crippen LogP contribution < -0.4 is 5.32 Å². The summed E-state index contributed by atoms with van der Waals surface area (Å²) in [5.41, 5.74) is 0.644. The molecule has 2 rings (SSSR count). The minimum atomic E-state index is -0.450. The van der Waals surface area contributed by atoms with Crippen LogP contribution in [0.4, 0.5) is 4.79 Å². The van der Waals surface area contributed by atoms with Crippen molar-refractivity contribution >= 4 is 6.09 Å². The number of carbonyl (C=O) groups excluding carboxylic acids is 1. The number of ether oxygens (including phenoxy) is 2. The molecule has 1 aromatic rings. The fraction of sp³-hybridized carbons (Fsp3) is 0.647. The van der Waals surface area contributed by atoms with Crippen LogP contribution in [0.3, 0.4) is 0 Å². The van der Waals surface area contributed by atoms with Crippen LogP contribution in [0.15, 0.2) is 24.5 Å². The average molecular weight is 306 g/mol. The summed E-state index contributed by atoms with van der Waals surface area (Å²) in [5.74, 6) is 0. The molecule has 0 saturated heterocycles. The zero-order valence-corrected chi connectivity index (χ0v) is 13.7. The normalized spacial score (nSPS) is 22.1. The molecule has 1 aliphatic carbocycles. The smallest absolute Gasteiger partial charge is 0.407 e. The molecule has 1 aromatic heterocycles. The molecule has 122 valence electrons. The summed E-state index contributed by atoms with van der Waals surface area (Å²) in [6, 6.07) is 4.12. The first-order valence-corrected chi connectivity index (χ1v) is 7.92. The molecule has 0 unspecified atom stereocenters.